The van der Waals surface area contributed by atoms with Gasteiger partial charge in [0.1, 0.15) is 0 Å². The fraction of sp³-hybridized carbons (Fsp3) is 0.263. The molecule has 0 radical (unpaired) electrons. The van der Waals surface area contributed by atoms with Crippen molar-refractivity contribution in [1.82, 2.24) is 0 Å². The molecule has 0 aliphatic carbocycles. The maximum absolute atomic E-state index is 6.20. The predicted molar refractivity (Wildman–Crippen MR) is 92.2 cm³/mol. The zero-order chi connectivity index (χ0) is 15.2. The van der Waals surface area contributed by atoms with Gasteiger partial charge in [-0.25, -0.2) is 0 Å². The van der Waals surface area contributed by atoms with Crippen LogP contribution in [0.1, 0.15) is 36.1 Å². The van der Waals surface area contributed by atoms with Crippen molar-refractivity contribution in [3.05, 3.63) is 70.9 Å². The quantitative estimate of drug-likeness (QED) is 0.847. The number of nitrogens with two attached hydrogens (primary N) is 1. The number of aryl methyl sites for hydroxylation is 3. The van der Waals surface area contributed by atoms with Crippen molar-refractivity contribution < 1.29 is 0 Å². The van der Waals surface area contributed by atoms with E-state index in [0.29, 0.717) is 0 Å². The summed E-state index contributed by atoms with van der Waals surface area (Å²) in [6.45, 7) is 6.41. The fourth-order valence-corrected chi connectivity index (χ4v) is 2.42. The third-order valence-corrected chi connectivity index (χ3v) is 3.80. The zero-order valence-corrected chi connectivity index (χ0v) is 13.1. The van der Waals surface area contributed by atoms with Gasteiger partial charge >= 0.3 is 0 Å². The van der Waals surface area contributed by atoms with Gasteiger partial charge in [-0.05, 0) is 42.5 Å². The first kappa shape index (κ1) is 15.2. The molecule has 0 fully saturated rings. The summed E-state index contributed by atoms with van der Waals surface area (Å²) < 4.78 is 0. The molecule has 0 bridgehead atoms. The summed E-state index contributed by atoms with van der Waals surface area (Å²) in [7, 11) is 0. The smallest absolute Gasteiger partial charge is 0.0553 e. The second-order valence-corrected chi connectivity index (χ2v) is 5.26. The van der Waals surface area contributed by atoms with Crippen LogP contribution in [-0.2, 0) is 12.8 Å². The second-order valence-electron chi connectivity index (χ2n) is 5.26. The Labute approximate surface area is 127 Å². The minimum absolute atomic E-state index is 0.761. The van der Waals surface area contributed by atoms with E-state index in [0.717, 1.165) is 29.8 Å². The molecule has 0 unspecified atom stereocenters. The van der Waals surface area contributed by atoms with Crippen molar-refractivity contribution in [2.45, 2.75) is 33.6 Å². The Bertz CT molecular complexity index is 642. The number of hydrogen-bond donors (Lipinski definition) is 2. The molecule has 0 saturated carbocycles. The van der Waals surface area contributed by atoms with Crippen molar-refractivity contribution in [2.24, 2.45) is 5.73 Å². The lowest BCUT2D eigenvalue weighted by atomic mass is 10.0. The third kappa shape index (κ3) is 3.66. The molecule has 0 amide bonds. The van der Waals surface area contributed by atoms with Gasteiger partial charge in [0.15, 0.2) is 0 Å². The van der Waals surface area contributed by atoms with Crippen LogP contribution >= 0.6 is 0 Å². The molecule has 0 atom stereocenters. The average Bonchev–Trinajstić information content (AvgIpc) is 2.52. The maximum Gasteiger partial charge on any atom is 0.0553 e. The van der Waals surface area contributed by atoms with Crippen LogP contribution in [0.2, 0.25) is 0 Å². The molecule has 2 rings (SSSR count). The third-order valence-electron chi connectivity index (χ3n) is 3.80. The van der Waals surface area contributed by atoms with Crippen molar-refractivity contribution in [1.29, 1.82) is 0 Å². The lowest BCUT2D eigenvalue weighted by molar-refractivity contribution is 1.10. The van der Waals surface area contributed by atoms with Gasteiger partial charge in [-0.2, -0.15) is 0 Å². The van der Waals surface area contributed by atoms with Gasteiger partial charge < -0.3 is 11.1 Å². The van der Waals surface area contributed by atoms with E-state index in [1.807, 2.05) is 24.4 Å². The van der Waals surface area contributed by atoms with E-state index in [4.69, 9.17) is 5.73 Å². The van der Waals surface area contributed by atoms with E-state index in [2.05, 4.69) is 50.4 Å². The Kier molecular flexibility index (Phi) is 5.04. The van der Waals surface area contributed by atoms with Crippen LogP contribution in [-0.4, -0.2) is 0 Å². The Morgan fingerprint density at radius 2 is 1.86 bits per heavy atom. The summed E-state index contributed by atoms with van der Waals surface area (Å²) in [6.07, 6.45) is 3.94. The van der Waals surface area contributed by atoms with E-state index in [1.54, 1.807) is 0 Å². The molecule has 2 aromatic carbocycles. The van der Waals surface area contributed by atoms with E-state index in [9.17, 15) is 0 Å². The number of benzene rings is 2. The molecule has 2 aromatic rings. The summed E-state index contributed by atoms with van der Waals surface area (Å²) >= 11 is 0. The van der Waals surface area contributed by atoms with Crippen molar-refractivity contribution in [3.8, 4) is 0 Å². The minimum Gasteiger partial charge on any atom is -0.397 e. The Morgan fingerprint density at radius 1 is 1.10 bits per heavy atom. The van der Waals surface area contributed by atoms with E-state index in [-0.39, 0.29) is 0 Å². The first-order valence-electron chi connectivity index (χ1n) is 7.55. The van der Waals surface area contributed by atoms with Crippen LogP contribution in [0.3, 0.4) is 0 Å². The van der Waals surface area contributed by atoms with Gasteiger partial charge in [-0.15, -0.1) is 0 Å². The van der Waals surface area contributed by atoms with E-state index < -0.39 is 0 Å². The topological polar surface area (TPSA) is 38.0 Å². The van der Waals surface area contributed by atoms with Gasteiger partial charge in [0.05, 0.1) is 5.70 Å². The highest BCUT2D eigenvalue weighted by Gasteiger charge is 2.03. The molecular formula is C19H24N2. The van der Waals surface area contributed by atoms with E-state index >= 15 is 0 Å². The van der Waals surface area contributed by atoms with Crippen LogP contribution < -0.4 is 11.1 Å². The van der Waals surface area contributed by atoms with Crippen molar-refractivity contribution in [2.75, 3.05) is 5.32 Å². The molecule has 0 aliphatic heterocycles. The molecule has 110 valence electrons. The molecule has 2 nitrogen and oxygen atoms in total. The highest BCUT2D eigenvalue weighted by molar-refractivity contribution is 5.68. The summed E-state index contributed by atoms with van der Waals surface area (Å²) in [4.78, 5) is 0. The predicted octanol–water partition coefficient (Wildman–Crippen LogP) is 4.49. The average molecular weight is 280 g/mol. The zero-order valence-electron chi connectivity index (χ0n) is 13.1. The van der Waals surface area contributed by atoms with Gasteiger partial charge in [-0.3, -0.25) is 0 Å². The second kappa shape index (κ2) is 6.98. The van der Waals surface area contributed by atoms with Crippen LogP contribution in [0.15, 0.2) is 48.7 Å². The van der Waals surface area contributed by atoms with Crippen LogP contribution in [0.4, 0.5) is 5.69 Å². The standard InChI is InChI=1S/C19H24N2/c1-4-15-10-11-16(5-2)19(12-15)21-13-18(20)17-9-7-6-8-14(17)3/h6-13,21H,4-5,20H2,1-3H3/b18-13-. The maximum atomic E-state index is 6.20. The molecule has 2 heteroatoms. The molecule has 21 heavy (non-hydrogen) atoms. The number of anilines is 1. The number of nitrogens with one attached hydrogen (secondary N) is 1. The molecule has 0 heterocycles. The molecule has 0 spiro atoms. The highest BCUT2D eigenvalue weighted by Crippen LogP contribution is 2.20. The SMILES string of the molecule is CCc1ccc(CC)c(N/C=C(\N)c2ccccc2C)c1. The molecular weight excluding hydrogens is 256 g/mol. The lowest BCUT2D eigenvalue weighted by Crippen LogP contribution is -2.03. The lowest BCUT2D eigenvalue weighted by Gasteiger charge is -2.11. The van der Waals surface area contributed by atoms with Gasteiger partial charge in [0.2, 0.25) is 0 Å². The normalized spacial score (nSPS) is 11.5. The van der Waals surface area contributed by atoms with Crippen molar-refractivity contribution >= 4 is 11.4 Å². The Hall–Kier alpha value is -2.22. The van der Waals surface area contributed by atoms with Crippen LogP contribution in [0.5, 0.6) is 0 Å². The summed E-state index contributed by atoms with van der Waals surface area (Å²) in [5.41, 5.74) is 13.0. The van der Waals surface area contributed by atoms with Gasteiger partial charge in [0, 0.05) is 17.5 Å². The Balaban J connectivity index is 2.26. The summed E-state index contributed by atoms with van der Waals surface area (Å²) in [5, 5.41) is 3.38. The summed E-state index contributed by atoms with van der Waals surface area (Å²) in [5.74, 6) is 0. The Morgan fingerprint density at radius 3 is 2.52 bits per heavy atom. The van der Waals surface area contributed by atoms with Crippen LogP contribution in [0, 0.1) is 6.92 Å². The first-order chi connectivity index (χ1) is 10.2. The first-order valence-corrected chi connectivity index (χ1v) is 7.55. The molecule has 3 N–H and O–H groups in total. The molecule has 0 aliphatic rings. The van der Waals surface area contributed by atoms with Crippen LogP contribution in [0.25, 0.3) is 5.70 Å². The van der Waals surface area contributed by atoms with E-state index in [1.165, 1.54) is 16.7 Å². The monoisotopic (exact) mass is 280 g/mol. The number of rotatable bonds is 5. The minimum atomic E-state index is 0.761. The molecule has 0 aromatic heterocycles. The van der Waals surface area contributed by atoms with Crippen molar-refractivity contribution in [3.63, 3.8) is 0 Å². The van der Waals surface area contributed by atoms with Gasteiger partial charge in [-0.1, -0.05) is 50.2 Å². The highest BCUT2D eigenvalue weighted by atomic mass is 14.9. The summed E-state index contributed by atoms with van der Waals surface area (Å²) in [6, 6.07) is 14.8. The van der Waals surface area contributed by atoms with Gasteiger partial charge in [0.25, 0.3) is 0 Å². The molecule has 0 saturated heterocycles. The number of hydrogen-bond acceptors (Lipinski definition) is 2. The fourth-order valence-electron chi connectivity index (χ4n) is 2.42. The largest absolute Gasteiger partial charge is 0.397 e.